The molecule has 1 aromatic heterocycles. The van der Waals surface area contributed by atoms with Gasteiger partial charge < -0.3 is 10.2 Å². The van der Waals surface area contributed by atoms with Crippen LogP contribution in [0.25, 0.3) is 0 Å². The fourth-order valence-corrected chi connectivity index (χ4v) is 2.89. The van der Waals surface area contributed by atoms with E-state index in [0.717, 1.165) is 31.9 Å². The van der Waals surface area contributed by atoms with E-state index in [1.54, 1.807) is 0 Å². The van der Waals surface area contributed by atoms with E-state index < -0.39 is 0 Å². The van der Waals surface area contributed by atoms with E-state index in [-0.39, 0.29) is 0 Å². The first-order valence-corrected chi connectivity index (χ1v) is 8.05. The maximum Gasteiger partial charge on any atom is 0.0964 e. The van der Waals surface area contributed by atoms with Crippen molar-refractivity contribution < 1.29 is 0 Å². The molecule has 0 spiro atoms. The van der Waals surface area contributed by atoms with Crippen molar-refractivity contribution >= 4 is 0 Å². The van der Waals surface area contributed by atoms with Crippen molar-refractivity contribution in [1.29, 1.82) is 0 Å². The first-order chi connectivity index (χ1) is 10.0. The second-order valence-electron chi connectivity index (χ2n) is 6.60. The van der Waals surface area contributed by atoms with E-state index in [0.29, 0.717) is 12.1 Å². The number of likely N-dealkylation sites (tertiary alicyclic amines) is 1. The molecule has 0 saturated carbocycles. The summed E-state index contributed by atoms with van der Waals surface area (Å²) in [5, 5.41) is 11.8. The molecule has 1 atom stereocenters. The van der Waals surface area contributed by atoms with E-state index in [2.05, 4.69) is 59.6 Å². The second-order valence-corrected chi connectivity index (χ2v) is 6.60. The summed E-state index contributed by atoms with van der Waals surface area (Å²) in [6.07, 6.45) is 4.70. The number of likely N-dealkylation sites (N-methyl/N-ethyl adjacent to an activating group) is 1. The Balaban J connectivity index is 1.77. The molecule has 21 heavy (non-hydrogen) atoms. The fourth-order valence-electron chi connectivity index (χ4n) is 2.89. The third-order valence-corrected chi connectivity index (χ3v) is 3.97. The van der Waals surface area contributed by atoms with Crippen LogP contribution in [0.2, 0.25) is 0 Å². The third-order valence-electron chi connectivity index (χ3n) is 3.97. The van der Waals surface area contributed by atoms with Gasteiger partial charge >= 0.3 is 0 Å². The predicted octanol–water partition coefficient (Wildman–Crippen LogP) is 0.802. The molecule has 0 bridgehead atoms. The van der Waals surface area contributed by atoms with E-state index >= 15 is 0 Å². The number of nitrogens with zero attached hydrogens (tertiary/aromatic N) is 5. The molecule has 1 saturated heterocycles. The lowest BCUT2D eigenvalue weighted by atomic mass is 10.2. The topological polar surface area (TPSA) is 49.2 Å². The van der Waals surface area contributed by atoms with Crippen molar-refractivity contribution in [3.63, 3.8) is 0 Å². The Morgan fingerprint density at radius 1 is 1.38 bits per heavy atom. The molecule has 0 radical (unpaired) electrons. The summed E-state index contributed by atoms with van der Waals surface area (Å²) in [4.78, 5) is 4.88. The summed E-state index contributed by atoms with van der Waals surface area (Å²) in [6, 6.07) is 1.18. The van der Waals surface area contributed by atoms with Gasteiger partial charge in [-0.15, -0.1) is 5.10 Å². The molecule has 1 aliphatic rings. The van der Waals surface area contributed by atoms with Gasteiger partial charge in [0, 0.05) is 37.9 Å². The average molecular weight is 294 g/mol. The summed E-state index contributed by atoms with van der Waals surface area (Å²) in [5.41, 5.74) is 1.02. The molecule has 1 N–H and O–H groups in total. The number of hydrogen-bond acceptors (Lipinski definition) is 5. The molecule has 120 valence electrons. The van der Waals surface area contributed by atoms with Crippen molar-refractivity contribution in [2.45, 2.75) is 51.9 Å². The van der Waals surface area contributed by atoms with Gasteiger partial charge in [0.1, 0.15) is 0 Å². The fraction of sp³-hybridized carbons (Fsp3) is 0.867. The van der Waals surface area contributed by atoms with Crippen LogP contribution in [-0.4, -0.2) is 70.6 Å². The molecule has 0 aliphatic carbocycles. The van der Waals surface area contributed by atoms with Crippen LogP contribution >= 0.6 is 0 Å². The maximum absolute atomic E-state index is 4.23. The Morgan fingerprint density at radius 3 is 2.90 bits per heavy atom. The van der Waals surface area contributed by atoms with Gasteiger partial charge in [-0.2, -0.15) is 0 Å². The molecule has 2 rings (SSSR count). The highest BCUT2D eigenvalue weighted by Crippen LogP contribution is 2.17. The molecule has 2 heterocycles. The minimum atomic E-state index is 0.478. The number of rotatable bonds is 8. The summed E-state index contributed by atoms with van der Waals surface area (Å²) in [5.74, 6) is 0. The zero-order chi connectivity index (χ0) is 15.2. The SMILES string of the molecule is CC(C)NCc1cn(CCN2CCCC2CN(C)C)nn1. The Labute approximate surface area is 128 Å². The summed E-state index contributed by atoms with van der Waals surface area (Å²) in [6.45, 7) is 9.45. The van der Waals surface area contributed by atoms with Gasteiger partial charge in [0.2, 0.25) is 0 Å². The Morgan fingerprint density at radius 2 is 2.19 bits per heavy atom. The third kappa shape index (κ3) is 5.37. The summed E-state index contributed by atoms with van der Waals surface area (Å²) < 4.78 is 1.97. The van der Waals surface area contributed by atoms with Gasteiger partial charge in [-0.25, -0.2) is 0 Å². The molecule has 1 aromatic rings. The quantitative estimate of drug-likeness (QED) is 0.768. The smallest absolute Gasteiger partial charge is 0.0964 e. The van der Waals surface area contributed by atoms with E-state index in [1.807, 2.05) is 4.68 Å². The van der Waals surface area contributed by atoms with Gasteiger partial charge in [0.05, 0.1) is 12.2 Å². The van der Waals surface area contributed by atoms with Crippen molar-refractivity contribution in [1.82, 2.24) is 30.1 Å². The minimum absolute atomic E-state index is 0.478. The highest BCUT2D eigenvalue weighted by molar-refractivity contribution is 4.92. The van der Waals surface area contributed by atoms with E-state index in [4.69, 9.17) is 0 Å². The molecule has 0 amide bonds. The lowest BCUT2D eigenvalue weighted by Crippen LogP contribution is -2.39. The van der Waals surface area contributed by atoms with Crippen molar-refractivity contribution in [2.75, 3.05) is 33.7 Å². The summed E-state index contributed by atoms with van der Waals surface area (Å²) in [7, 11) is 4.31. The van der Waals surface area contributed by atoms with Gasteiger partial charge in [-0.05, 0) is 33.5 Å². The van der Waals surface area contributed by atoms with Crippen molar-refractivity contribution in [3.8, 4) is 0 Å². The second kappa shape index (κ2) is 7.87. The van der Waals surface area contributed by atoms with Crippen LogP contribution in [0.1, 0.15) is 32.4 Å². The maximum atomic E-state index is 4.23. The van der Waals surface area contributed by atoms with Crippen LogP contribution in [0.3, 0.4) is 0 Å². The van der Waals surface area contributed by atoms with Gasteiger partial charge in [0.25, 0.3) is 0 Å². The Hall–Kier alpha value is -0.980. The monoisotopic (exact) mass is 294 g/mol. The average Bonchev–Trinajstić information content (AvgIpc) is 3.02. The van der Waals surface area contributed by atoms with Crippen LogP contribution < -0.4 is 5.32 Å². The van der Waals surface area contributed by atoms with Crippen LogP contribution in [0.15, 0.2) is 6.20 Å². The minimum Gasteiger partial charge on any atom is -0.309 e. The molecule has 1 aliphatic heterocycles. The van der Waals surface area contributed by atoms with Crippen molar-refractivity contribution in [3.05, 3.63) is 11.9 Å². The number of aromatic nitrogens is 3. The zero-order valence-electron chi connectivity index (χ0n) is 13.9. The summed E-state index contributed by atoms with van der Waals surface area (Å²) >= 11 is 0. The number of hydrogen-bond donors (Lipinski definition) is 1. The normalized spacial score (nSPS) is 20.0. The van der Waals surface area contributed by atoms with Gasteiger partial charge in [-0.1, -0.05) is 19.1 Å². The van der Waals surface area contributed by atoms with Crippen molar-refractivity contribution in [2.24, 2.45) is 0 Å². The molecule has 6 heteroatoms. The molecule has 6 nitrogen and oxygen atoms in total. The van der Waals surface area contributed by atoms with Crippen LogP contribution in [0, 0.1) is 0 Å². The highest BCUT2D eigenvalue weighted by atomic mass is 15.4. The standard InChI is InChI=1S/C15H30N6/c1-13(2)16-10-14-11-21(18-17-14)9-8-20-7-5-6-15(20)12-19(3)4/h11,13,15-16H,5-10,12H2,1-4H3. The van der Waals surface area contributed by atoms with Crippen LogP contribution in [-0.2, 0) is 13.1 Å². The van der Waals surface area contributed by atoms with Crippen LogP contribution in [0.5, 0.6) is 0 Å². The zero-order valence-corrected chi connectivity index (χ0v) is 13.9. The van der Waals surface area contributed by atoms with Crippen LogP contribution in [0.4, 0.5) is 0 Å². The predicted molar refractivity (Wildman–Crippen MR) is 85.1 cm³/mol. The highest BCUT2D eigenvalue weighted by Gasteiger charge is 2.24. The lowest BCUT2D eigenvalue weighted by Gasteiger charge is -2.26. The van der Waals surface area contributed by atoms with E-state index in [1.165, 1.54) is 19.4 Å². The first-order valence-electron chi connectivity index (χ1n) is 8.05. The molecule has 1 unspecified atom stereocenters. The van der Waals surface area contributed by atoms with E-state index in [9.17, 15) is 0 Å². The van der Waals surface area contributed by atoms with Gasteiger partial charge in [-0.3, -0.25) is 9.58 Å². The molecule has 0 aromatic carbocycles. The Bertz CT molecular complexity index is 414. The molecule has 1 fully saturated rings. The van der Waals surface area contributed by atoms with Gasteiger partial charge in [0.15, 0.2) is 0 Å². The molecular formula is C15H30N6. The first kappa shape index (κ1) is 16.4. The largest absolute Gasteiger partial charge is 0.309 e. The Kier molecular flexibility index (Phi) is 6.14. The number of nitrogens with one attached hydrogen (secondary N) is 1. The molecular weight excluding hydrogens is 264 g/mol. The lowest BCUT2D eigenvalue weighted by molar-refractivity contribution is 0.199.